The van der Waals surface area contributed by atoms with Crippen LogP contribution in [0.3, 0.4) is 0 Å². The Morgan fingerprint density at radius 2 is 1.19 bits per heavy atom. The number of aliphatic hydroxyl groups is 5. The second-order valence-corrected chi connectivity index (χ2v) is 13.7. The molecule has 52 heavy (non-hydrogen) atoms. The van der Waals surface area contributed by atoms with E-state index in [0.29, 0.717) is 6.42 Å². The molecule has 0 bridgehead atoms. The summed E-state index contributed by atoms with van der Waals surface area (Å²) in [5.41, 5.74) is 0. The van der Waals surface area contributed by atoms with E-state index in [1.165, 1.54) is 51.4 Å². The van der Waals surface area contributed by atoms with Crippen LogP contribution < -0.4 is 5.32 Å². The molecule has 1 aliphatic rings. The van der Waals surface area contributed by atoms with Gasteiger partial charge in [0.25, 0.3) is 0 Å². The minimum atomic E-state index is -1.58. The van der Waals surface area contributed by atoms with Crippen molar-refractivity contribution in [3.63, 3.8) is 0 Å². The molecule has 0 aromatic heterocycles. The Hall–Kier alpha value is -2.37. The largest absolute Gasteiger partial charge is 0.394 e. The van der Waals surface area contributed by atoms with Crippen LogP contribution in [0.15, 0.2) is 72.9 Å². The number of aliphatic hydroxyl groups excluding tert-OH is 5. The third kappa shape index (κ3) is 24.0. The Labute approximate surface area is 315 Å². The fourth-order valence-electron chi connectivity index (χ4n) is 5.78. The number of amides is 1. The molecule has 1 fully saturated rings. The fourth-order valence-corrected chi connectivity index (χ4v) is 5.78. The first-order valence-electron chi connectivity index (χ1n) is 20.2. The molecule has 298 valence electrons. The van der Waals surface area contributed by atoms with E-state index < -0.39 is 49.5 Å². The van der Waals surface area contributed by atoms with Crippen LogP contribution in [-0.4, -0.2) is 87.5 Å². The zero-order valence-electron chi connectivity index (χ0n) is 32.3. The molecule has 1 amide bonds. The van der Waals surface area contributed by atoms with Gasteiger partial charge in [-0.15, -0.1) is 0 Å². The summed E-state index contributed by atoms with van der Waals surface area (Å²) >= 11 is 0. The number of carbonyl (C=O) groups is 1. The maximum Gasteiger partial charge on any atom is 0.220 e. The minimum absolute atomic E-state index is 0.215. The summed E-state index contributed by atoms with van der Waals surface area (Å²) in [6.07, 6.45) is 36.6. The second-order valence-electron chi connectivity index (χ2n) is 13.7. The fraction of sp³-hybridized carbons (Fsp3) is 0.698. The lowest BCUT2D eigenvalue weighted by Crippen LogP contribution is -2.60. The van der Waals surface area contributed by atoms with Crippen LogP contribution in [0.5, 0.6) is 0 Å². The first-order valence-corrected chi connectivity index (χ1v) is 20.2. The lowest BCUT2D eigenvalue weighted by atomic mass is 9.99. The third-order valence-corrected chi connectivity index (χ3v) is 9.04. The maximum absolute atomic E-state index is 12.9. The van der Waals surface area contributed by atoms with Crippen molar-refractivity contribution in [2.24, 2.45) is 0 Å². The molecule has 0 saturated carbocycles. The number of hydrogen-bond donors (Lipinski definition) is 6. The molecule has 1 heterocycles. The monoisotopic (exact) mass is 732 g/mol. The smallest absolute Gasteiger partial charge is 0.220 e. The summed E-state index contributed by atoms with van der Waals surface area (Å²) in [6.45, 7) is 3.58. The second kappa shape index (κ2) is 33.2. The lowest BCUT2D eigenvalue weighted by molar-refractivity contribution is -0.302. The van der Waals surface area contributed by atoms with Gasteiger partial charge in [0.15, 0.2) is 6.29 Å². The highest BCUT2D eigenvalue weighted by Crippen LogP contribution is 2.22. The number of nitrogens with one attached hydrogen (secondary N) is 1. The number of allylic oxidation sites excluding steroid dienone is 11. The number of carbonyl (C=O) groups excluding carboxylic acids is 1. The quantitative estimate of drug-likeness (QED) is 0.0319. The van der Waals surface area contributed by atoms with Crippen LogP contribution in [0.1, 0.15) is 136 Å². The molecule has 0 aliphatic carbocycles. The lowest BCUT2D eigenvalue weighted by Gasteiger charge is -2.40. The molecule has 0 aromatic rings. The van der Waals surface area contributed by atoms with E-state index in [0.717, 1.165) is 57.8 Å². The number of hydrogen-bond acceptors (Lipinski definition) is 8. The highest BCUT2D eigenvalue weighted by molar-refractivity contribution is 5.76. The van der Waals surface area contributed by atoms with Crippen LogP contribution >= 0.6 is 0 Å². The van der Waals surface area contributed by atoms with Crippen molar-refractivity contribution in [3.8, 4) is 0 Å². The summed E-state index contributed by atoms with van der Waals surface area (Å²) in [4.78, 5) is 12.9. The molecule has 9 nitrogen and oxygen atoms in total. The van der Waals surface area contributed by atoms with Crippen LogP contribution in [0.25, 0.3) is 0 Å². The molecule has 7 atom stereocenters. The van der Waals surface area contributed by atoms with Gasteiger partial charge in [-0.1, -0.05) is 145 Å². The topological polar surface area (TPSA) is 149 Å². The van der Waals surface area contributed by atoms with Gasteiger partial charge in [-0.05, 0) is 57.8 Å². The zero-order chi connectivity index (χ0) is 38.1. The molecule has 1 aliphatic heterocycles. The molecule has 9 heteroatoms. The molecule has 1 saturated heterocycles. The molecule has 0 aromatic carbocycles. The van der Waals surface area contributed by atoms with Gasteiger partial charge >= 0.3 is 0 Å². The van der Waals surface area contributed by atoms with E-state index in [9.17, 15) is 30.3 Å². The van der Waals surface area contributed by atoms with E-state index in [4.69, 9.17) is 9.47 Å². The Morgan fingerprint density at radius 1 is 0.673 bits per heavy atom. The van der Waals surface area contributed by atoms with Gasteiger partial charge in [-0.25, -0.2) is 0 Å². The SMILES string of the molecule is CC/C=C\C/C=C\C/C=C\C/C=C\C/C=C\CCCC(=O)NC(COC1OC(CO)C(O)C(O)C1O)C(O)/C=C/CCCCCCCCCCCC. The van der Waals surface area contributed by atoms with Crippen LogP contribution in [0.4, 0.5) is 0 Å². The molecule has 1 rings (SSSR count). The van der Waals surface area contributed by atoms with Gasteiger partial charge in [0, 0.05) is 6.42 Å². The maximum atomic E-state index is 12.9. The molecule has 0 spiro atoms. The number of rotatable bonds is 31. The molecule has 6 N–H and O–H groups in total. The average Bonchev–Trinajstić information content (AvgIpc) is 3.14. The van der Waals surface area contributed by atoms with Gasteiger partial charge in [-0.3, -0.25) is 4.79 Å². The van der Waals surface area contributed by atoms with Gasteiger partial charge in [0.2, 0.25) is 5.91 Å². The van der Waals surface area contributed by atoms with Crippen LogP contribution in [-0.2, 0) is 14.3 Å². The predicted octanol–water partition coefficient (Wildman–Crippen LogP) is 7.44. The van der Waals surface area contributed by atoms with E-state index >= 15 is 0 Å². The molecule has 7 unspecified atom stereocenters. The Balaban J connectivity index is 2.49. The Morgan fingerprint density at radius 3 is 1.75 bits per heavy atom. The standard InChI is InChI=1S/C43H73NO8/c1-3-5-7-9-11-13-15-17-18-19-20-21-23-25-27-29-31-33-39(47)44-36(35-51-43-42(50)41(49)40(48)38(34-45)52-43)37(46)32-30-28-26-24-22-16-14-12-10-8-6-4-2/h5,7,11,13,17-18,20-21,25,27,30,32,36-38,40-43,45-46,48-50H,3-4,6,8-10,12,14-16,19,22-24,26,28-29,31,33-35H2,1-2H3,(H,44,47)/b7-5-,13-11-,18-17-,21-20-,27-25-,32-30+. The highest BCUT2D eigenvalue weighted by atomic mass is 16.7. The van der Waals surface area contributed by atoms with Gasteiger partial charge in [-0.2, -0.15) is 0 Å². The van der Waals surface area contributed by atoms with Crippen molar-refractivity contribution in [2.45, 2.75) is 179 Å². The first-order chi connectivity index (χ1) is 25.3. The first kappa shape index (κ1) is 47.7. The molecule has 0 radical (unpaired) electrons. The highest BCUT2D eigenvalue weighted by Gasteiger charge is 2.44. The van der Waals surface area contributed by atoms with Gasteiger partial charge in [0.05, 0.1) is 25.4 Å². The Kier molecular flexibility index (Phi) is 30.4. The summed E-state index contributed by atoms with van der Waals surface area (Å²) in [7, 11) is 0. The van der Waals surface area contributed by atoms with Gasteiger partial charge in [0.1, 0.15) is 24.4 Å². The van der Waals surface area contributed by atoms with Crippen LogP contribution in [0.2, 0.25) is 0 Å². The van der Waals surface area contributed by atoms with E-state index in [1.807, 2.05) is 6.08 Å². The van der Waals surface area contributed by atoms with Crippen molar-refractivity contribution in [2.75, 3.05) is 13.2 Å². The van der Waals surface area contributed by atoms with Crippen molar-refractivity contribution in [3.05, 3.63) is 72.9 Å². The average molecular weight is 732 g/mol. The van der Waals surface area contributed by atoms with E-state index in [2.05, 4.69) is 79.9 Å². The van der Waals surface area contributed by atoms with Crippen LogP contribution in [0, 0.1) is 0 Å². The summed E-state index contributed by atoms with van der Waals surface area (Å²) in [6, 6.07) is -0.836. The summed E-state index contributed by atoms with van der Waals surface area (Å²) < 4.78 is 11.1. The van der Waals surface area contributed by atoms with Gasteiger partial charge < -0.3 is 40.3 Å². The molecular formula is C43H73NO8. The normalized spacial score (nSPS) is 22.6. The van der Waals surface area contributed by atoms with E-state index in [1.54, 1.807) is 6.08 Å². The van der Waals surface area contributed by atoms with E-state index in [-0.39, 0.29) is 18.9 Å². The van der Waals surface area contributed by atoms with Crippen molar-refractivity contribution < 1.29 is 39.8 Å². The molecular weight excluding hydrogens is 658 g/mol. The zero-order valence-corrected chi connectivity index (χ0v) is 32.3. The summed E-state index contributed by atoms with van der Waals surface area (Å²) in [5.74, 6) is -0.239. The van der Waals surface area contributed by atoms with Crippen molar-refractivity contribution in [1.29, 1.82) is 0 Å². The predicted molar refractivity (Wildman–Crippen MR) is 212 cm³/mol. The van der Waals surface area contributed by atoms with Crippen molar-refractivity contribution in [1.82, 2.24) is 5.32 Å². The van der Waals surface area contributed by atoms with Crippen molar-refractivity contribution >= 4 is 5.91 Å². The Bertz CT molecular complexity index is 1040. The number of unbranched alkanes of at least 4 members (excludes halogenated alkanes) is 11. The third-order valence-electron chi connectivity index (χ3n) is 9.04. The summed E-state index contributed by atoms with van der Waals surface area (Å²) in [5, 5.41) is 53.9. The number of ether oxygens (including phenoxy) is 2. The minimum Gasteiger partial charge on any atom is -0.394 e.